The van der Waals surface area contributed by atoms with Crippen LogP contribution in [-0.4, -0.2) is 65.6 Å². The molecule has 0 N–H and O–H groups in total. The number of fused-ring (bicyclic) bond motifs is 1. The standard InChI is InChI=1S/C25H33N5O/c1-2-5-21(6-3-1)18-29-15-16-31-24-8-7-22(17-23(24)20-29)19-28-11-13-30(14-12-28)25-26-9-4-10-27-25/h1-2,4,7-10,17,21H,3,5-6,11-16,18-20H2. The molecule has 1 atom stereocenters. The van der Waals surface area contributed by atoms with Crippen molar-refractivity contribution in [3.05, 3.63) is 59.9 Å². The third kappa shape index (κ3) is 5.25. The number of hydrogen-bond acceptors (Lipinski definition) is 6. The monoisotopic (exact) mass is 419 g/mol. The highest BCUT2D eigenvalue weighted by molar-refractivity contribution is 5.38. The fourth-order valence-corrected chi connectivity index (χ4v) is 4.96. The van der Waals surface area contributed by atoms with E-state index in [4.69, 9.17) is 4.74 Å². The van der Waals surface area contributed by atoms with E-state index in [2.05, 4.69) is 55.0 Å². The summed E-state index contributed by atoms with van der Waals surface area (Å²) in [6, 6.07) is 8.68. The van der Waals surface area contributed by atoms with Crippen LogP contribution < -0.4 is 9.64 Å². The van der Waals surface area contributed by atoms with Gasteiger partial charge in [0.05, 0.1) is 0 Å². The molecule has 0 spiro atoms. The largest absolute Gasteiger partial charge is 0.492 e. The van der Waals surface area contributed by atoms with Gasteiger partial charge in [-0.25, -0.2) is 9.97 Å². The summed E-state index contributed by atoms with van der Waals surface area (Å²) in [6.45, 7) is 9.00. The number of piperazine rings is 1. The first-order valence-electron chi connectivity index (χ1n) is 11.7. The van der Waals surface area contributed by atoms with Crippen molar-refractivity contribution < 1.29 is 4.74 Å². The summed E-state index contributed by atoms with van der Waals surface area (Å²) >= 11 is 0. The molecule has 1 aliphatic carbocycles. The molecule has 0 amide bonds. The second-order valence-corrected chi connectivity index (χ2v) is 8.99. The van der Waals surface area contributed by atoms with Crippen molar-refractivity contribution in [3.8, 4) is 5.75 Å². The van der Waals surface area contributed by atoms with Gasteiger partial charge >= 0.3 is 0 Å². The zero-order valence-electron chi connectivity index (χ0n) is 18.3. The third-order valence-corrected chi connectivity index (χ3v) is 6.69. The van der Waals surface area contributed by atoms with Crippen molar-refractivity contribution in [1.82, 2.24) is 19.8 Å². The number of hydrogen-bond donors (Lipinski definition) is 0. The molecule has 164 valence electrons. The maximum atomic E-state index is 6.09. The summed E-state index contributed by atoms with van der Waals surface area (Å²) in [7, 11) is 0. The summed E-state index contributed by atoms with van der Waals surface area (Å²) in [5, 5.41) is 0. The Morgan fingerprint density at radius 2 is 1.84 bits per heavy atom. The van der Waals surface area contributed by atoms with Crippen LogP contribution >= 0.6 is 0 Å². The van der Waals surface area contributed by atoms with Crippen LogP contribution in [0.25, 0.3) is 0 Å². The highest BCUT2D eigenvalue weighted by Crippen LogP contribution is 2.27. The van der Waals surface area contributed by atoms with Crippen LogP contribution in [0.4, 0.5) is 5.95 Å². The molecule has 3 aliphatic rings. The molecule has 0 saturated carbocycles. The second kappa shape index (κ2) is 9.79. The first-order chi connectivity index (χ1) is 15.3. The number of benzene rings is 1. The van der Waals surface area contributed by atoms with Crippen LogP contribution in [0.2, 0.25) is 0 Å². The number of allylic oxidation sites excluding steroid dienone is 2. The number of aromatic nitrogens is 2. The predicted octanol–water partition coefficient (Wildman–Crippen LogP) is 3.35. The van der Waals surface area contributed by atoms with Crippen molar-refractivity contribution in [2.24, 2.45) is 5.92 Å². The van der Waals surface area contributed by atoms with Crippen LogP contribution in [0.3, 0.4) is 0 Å². The number of anilines is 1. The molecule has 0 bridgehead atoms. The Balaban J connectivity index is 1.18. The smallest absolute Gasteiger partial charge is 0.225 e. The van der Waals surface area contributed by atoms with E-state index in [1.165, 1.54) is 36.9 Å². The quantitative estimate of drug-likeness (QED) is 0.693. The SMILES string of the molecule is C1=CCC(CN2CCOc3ccc(CN4CCN(c5ncccn5)CC4)cc3C2)CC1. The van der Waals surface area contributed by atoms with E-state index in [-0.39, 0.29) is 0 Å². The first kappa shape index (κ1) is 20.5. The Morgan fingerprint density at radius 3 is 2.65 bits per heavy atom. The highest BCUT2D eigenvalue weighted by Gasteiger charge is 2.22. The topological polar surface area (TPSA) is 44.7 Å². The summed E-state index contributed by atoms with van der Waals surface area (Å²) in [6.07, 6.45) is 12.1. The van der Waals surface area contributed by atoms with E-state index in [1.807, 2.05) is 18.5 Å². The van der Waals surface area contributed by atoms with Gasteiger partial charge in [0.1, 0.15) is 12.4 Å². The van der Waals surface area contributed by atoms with Crippen molar-refractivity contribution in [1.29, 1.82) is 0 Å². The summed E-state index contributed by atoms with van der Waals surface area (Å²) in [5.74, 6) is 2.71. The van der Waals surface area contributed by atoms with E-state index in [0.717, 1.165) is 70.0 Å². The van der Waals surface area contributed by atoms with Crippen molar-refractivity contribution >= 4 is 5.95 Å². The predicted molar refractivity (Wildman–Crippen MR) is 123 cm³/mol. The minimum absolute atomic E-state index is 0.790. The highest BCUT2D eigenvalue weighted by atomic mass is 16.5. The van der Waals surface area contributed by atoms with E-state index >= 15 is 0 Å². The van der Waals surface area contributed by atoms with E-state index < -0.39 is 0 Å². The zero-order valence-corrected chi connectivity index (χ0v) is 18.3. The van der Waals surface area contributed by atoms with Gasteiger partial charge in [0, 0.05) is 70.3 Å². The molecule has 1 fully saturated rings. The average Bonchev–Trinajstić information content (AvgIpc) is 3.02. The number of ether oxygens (including phenoxy) is 1. The fraction of sp³-hybridized carbons (Fsp3) is 0.520. The maximum Gasteiger partial charge on any atom is 0.225 e. The molecule has 2 aromatic rings. The average molecular weight is 420 g/mol. The lowest BCUT2D eigenvalue weighted by Crippen LogP contribution is -2.46. The van der Waals surface area contributed by atoms with Gasteiger partial charge in [0.2, 0.25) is 5.95 Å². The Labute approximate surface area is 185 Å². The second-order valence-electron chi connectivity index (χ2n) is 8.99. The summed E-state index contributed by atoms with van der Waals surface area (Å²) in [5.41, 5.74) is 2.73. The Morgan fingerprint density at radius 1 is 0.968 bits per heavy atom. The van der Waals surface area contributed by atoms with Gasteiger partial charge < -0.3 is 9.64 Å². The number of rotatable bonds is 5. The molecule has 6 nitrogen and oxygen atoms in total. The van der Waals surface area contributed by atoms with Crippen LogP contribution in [0.15, 0.2) is 48.8 Å². The van der Waals surface area contributed by atoms with Crippen LogP contribution in [-0.2, 0) is 13.1 Å². The molecular formula is C25H33N5O. The summed E-state index contributed by atoms with van der Waals surface area (Å²) < 4.78 is 6.09. The molecule has 5 rings (SSSR count). The van der Waals surface area contributed by atoms with Gasteiger partial charge in [-0.2, -0.15) is 0 Å². The molecule has 1 aromatic carbocycles. The van der Waals surface area contributed by atoms with E-state index in [9.17, 15) is 0 Å². The van der Waals surface area contributed by atoms with Gasteiger partial charge in [-0.3, -0.25) is 9.80 Å². The molecule has 2 aliphatic heterocycles. The van der Waals surface area contributed by atoms with Crippen LogP contribution in [0, 0.1) is 5.92 Å². The molecule has 3 heterocycles. The van der Waals surface area contributed by atoms with E-state index in [1.54, 1.807) is 0 Å². The van der Waals surface area contributed by atoms with E-state index in [0.29, 0.717) is 0 Å². The van der Waals surface area contributed by atoms with Crippen LogP contribution in [0.1, 0.15) is 30.4 Å². The lowest BCUT2D eigenvalue weighted by molar-refractivity contribution is 0.193. The van der Waals surface area contributed by atoms with Gasteiger partial charge in [-0.1, -0.05) is 18.2 Å². The normalized spacial score (nSPS) is 22.6. The van der Waals surface area contributed by atoms with Gasteiger partial charge in [-0.05, 0) is 48.9 Å². The van der Waals surface area contributed by atoms with Crippen molar-refractivity contribution in [3.63, 3.8) is 0 Å². The number of nitrogens with zero attached hydrogens (tertiary/aromatic N) is 5. The van der Waals surface area contributed by atoms with Gasteiger partial charge in [0.15, 0.2) is 0 Å². The third-order valence-electron chi connectivity index (χ3n) is 6.69. The Hall–Kier alpha value is -2.44. The molecule has 0 radical (unpaired) electrons. The maximum absolute atomic E-state index is 6.09. The minimum Gasteiger partial charge on any atom is -0.492 e. The molecule has 31 heavy (non-hydrogen) atoms. The lowest BCUT2D eigenvalue weighted by Gasteiger charge is -2.34. The Bertz CT molecular complexity index is 879. The minimum atomic E-state index is 0.790. The first-order valence-corrected chi connectivity index (χ1v) is 11.7. The molecule has 6 heteroatoms. The Kier molecular flexibility index (Phi) is 6.46. The molecule has 1 unspecified atom stereocenters. The van der Waals surface area contributed by atoms with Crippen molar-refractivity contribution in [2.45, 2.75) is 32.4 Å². The summed E-state index contributed by atoms with van der Waals surface area (Å²) in [4.78, 5) is 16.2. The van der Waals surface area contributed by atoms with Crippen molar-refractivity contribution in [2.75, 3.05) is 50.8 Å². The lowest BCUT2D eigenvalue weighted by atomic mass is 9.94. The van der Waals surface area contributed by atoms with Crippen LogP contribution in [0.5, 0.6) is 5.75 Å². The fourth-order valence-electron chi connectivity index (χ4n) is 4.96. The van der Waals surface area contributed by atoms with Gasteiger partial charge in [-0.15, -0.1) is 0 Å². The zero-order chi connectivity index (χ0) is 20.9. The molecular weight excluding hydrogens is 386 g/mol. The molecule has 1 saturated heterocycles. The van der Waals surface area contributed by atoms with Gasteiger partial charge in [0.25, 0.3) is 0 Å². The molecule has 1 aromatic heterocycles.